The van der Waals surface area contributed by atoms with Crippen LogP contribution in [-0.4, -0.2) is 17.9 Å². The molecule has 31 heavy (non-hydrogen) atoms. The Labute approximate surface area is 175 Å². The molecule has 0 fully saturated rings. The van der Waals surface area contributed by atoms with Crippen molar-refractivity contribution in [3.8, 4) is 0 Å². The van der Waals surface area contributed by atoms with Gasteiger partial charge in [0, 0.05) is 12.7 Å². The molecule has 0 aliphatic heterocycles. The Morgan fingerprint density at radius 3 is 2.42 bits per heavy atom. The van der Waals surface area contributed by atoms with Crippen LogP contribution in [-0.2, 0) is 17.5 Å². The lowest BCUT2D eigenvalue weighted by molar-refractivity contribution is -0.137. The minimum atomic E-state index is -4.93. The molecule has 0 bridgehead atoms. The number of halogens is 6. The Hall–Kier alpha value is -3.30. The Kier molecular flexibility index (Phi) is 9.29. The third-order valence-electron chi connectivity index (χ3n) is 3.63. The van der Waals surface area contributed by atoms with Crippen molar-refractivity contribution in [1.29, 1.82) is 0 Å². The van der Waals surface area contributed by atoms with Gasteiger partial charge in [0.05, 0.1) is 11.1 Å². The summed E-state index contributed by atoms with van der Waals surface area (Å²) in [6, 6.07) is 4.13. The molecule has 168 valence electrons. The van der Waals surface area contributed by atoms with Crippen LogP contribution < -0.4 is 10.6 Å². The van der Waals surface area contributed by atoms with Crippen LogP contribution in [0.25, 0.3) is 0 Å². The van der Waals surface area contributed by atoms with E-state index in [9.17, 15) is 31.1 Å². The summed E-state index contributed by atoms with van der Waals surface area (Å²) >= 11 is 0. The number of nitrogens with zero attached hydrogens (tertiary/aromatic N) is 1. The summed E-state index contributed by atoms with van der Waals surface area (Å²) in [6.07, 6.45) is -3.34. The molecule has 0 aliphatic rings. The Morgan fingerprint density at radius 2 is 1.87 bits per heavy atom. The van der Waals surface area contributed by atoms with Crippen LogP contribution in [0.4, 0.5) is 26.3 Å². The number of nitrogens with one attached hydrogen (secondary N) is 2. The van der Waals surface area contributed by atoms with E-state index in [1.165, 1.54) is 44.3 Å². The number of hydrogen-bond acceptors (Lipinski definition) is 2. The molecule has 0 atom stereocenters. The number of benzene rings is 1. The molecule has 0 aromatic heterocycles. The quantitative estimate of drug-likeness (QED) is 0.194. The van der Waals surface area contributed by atoms with Gasteiger partial charge in [-0.1, -0.05) is 36.9 Å². The number of carbonyl (C=O) groups is 1. The maximum atomic E-state index is 13.6. The van der Waals surface area contributed by atoms with Gasteiger partial charge >= 0.3 is 12.4 Å². The number of carbonyl (C=O) groups excluding carboxylic acids is 1. The van der Waals surface area contributed by atoms with Gasteiger partial charge in [-0.05, 0) is 37.6 Å². The van der Waals surface area contributed by atoms with E-state index in [-0.39, 0.29) is 11.4 Å². The largest absolute Gasteiger partial charge is 0.432 e. The van der Waals surface area contributed by atoms with Crippen molar-refractivity contribution in [2.75, 3.05) is 0 Å². The first-order valence-electron chi connectivity index (χ1n) is 8.87. The molecule has 10 heteroatoms. The van der Waals surface area contributed by atoms with Crippen LogP contribution in [0.15, 0.2) is 77.6 Å². The van der Waals surface area contributed by atoms with Crippen LogP contribution in [0.5, 0.6) is 0 Å². The molecule has 0 aliphatic carbocycles. The third-order valence-corrected chi connectivity index (χ3v) is 3.63. The number of allylic oxidation sites excluding steroid dienone is 4. The average molecular weight is 445 g/mol. The fourth-order valence-corrected chi connectivity index (χ4v) is 2.29. The van der Waals surface area contributed by atoms with Crippen LogP contribution in [0, 0.1) is 0 Å². The maximum absolute atomic E-state index is 13.6. The lowest BCUT2D eigenvalue weighted by Crippen LogP contribution is -2.35. The van der Waals surface area contributed by atoms with E-state index in [1.54, 1.807) is 0 Å². The number of hydrogen-bond donors (Lipinski definition) is 2. The SMILES string of the molecule is C=C/C=C\N=C(C)N/C(=C(\C=C/C)C(=O)NCc1cccc(C(F)(F)F)c1)C(F)(F)F. The first-order chi connectivity index (χ1) is 14.4. The summed E-state index contributed by atoms with van der Waals surface area (Å²) in [7, 11) is 0. The standard InChI is InChI=1S/C21H21F6N3O/c1-4-6-11-28-14(3)30-18(21(25,26)27)17(8-5-2)19(31)29-13-15-9-7-10-16(12-15)20(22,23)24/h4-12H,1,13H2,2-3H3,(H,28,30)(H,29,31)/b8-5-,11-6-,18-17+. The second-order valence-electron chi connectivity index (χ2n) is 6.08. The predicted octanol–water partition coefficient (Wildman–Crippen LogP) is 5.42. The first kappa shape index (κ1) is 25.7. The molecule has 0 heterocycles. The van der Waals surface area contributed by atoms with E-state index in [4.69, 9.17) is 0 Å². The predicted molar refractivity (Wildman–Crippen MR) is 107 cm³/mol. The highest BCUT2D eigenvalue weighted by atomic mass is 19.4. The lowest BCUT2D eigenvalue weighted by Gasteiger charge is -2.18. The Bertz CT molecular complexity index is 908. The molecule has 0 saturated heterocycles. The summed E-state index contributed by atoms with van der Waals surface area (Å²) in [6.45, 7) is 5.70. The van der Waals surface area contributed by atoms with E-state index in [1.807, 2.05) is 0 Å². The van der Waals surface area contributed by atoms with Crippen molar-refractivity contribution in [3.63, 3.8) is 0 Å². The molecule has 0 saturated carbocycles. The van der Waals surface area contributed by atoms with Crippen LogP contribution in [0.3, 0.4) is 0 Å². The molecule has 4 nitrogen and oxygen atoms in total. The Morgan fingerprint density at radius 1 is 1.19 bits per heavy atom. The van der Waals surface area contributed by atoms with Crippen molar-refractivity contribution in [2.45, 2.75) is 32.7 Å². The minimum Gasteiger partial charge on any atom is -0.348 e. The van der Waals surface area contributed by atoms with Crippen molar-refractivity contribution < 1.29 is 31.1 Å². The van der Waals surface area contributed by atoms with Gasteiger partial charge in [0.1, 0.15) is 11.5 Å². The fourth-order valence-electron chi connectivity index (χ4n) is 2.29. The highest BCUT2D eigenvalue weighted by molar-refractivity contribution is 5.98. The maximum Gasteiger partial charge on any atom is 0.432 e. The van der Waals surface area contributed by atoms with Crippen LogP contribution >= 0.6 is 0 Å². The molecule has 0 unspecified atom stereocenters. The minimum absolute atomic E-state index is 0.0804. The Balaban J connectivity index is 3.21. The number of aliphatic imine (C=N–C) groups is 1. The van der Waals surface area contributed by atoms with Gasteiger partial charge in [0.25, 0.3) is 5.91 Å². The van der Waals surface area contributed by atoms with E-state index < -0.39 is 41.6 Å². The van der Waals surface area contributed by atoms with Gasteiger partial charge in [0.2, 0.25) is 0 Å². The average Bonchev–Trinajstić information content (AvgIpc) is 2.67. The van der Waals surface area contributed by atoms with E-state index in [0.29, 0.717) is 0 Å². The van der Waals surface area contributed by atoms with Gasteiger partial charge < -0.3 is 10.6 Å². The number of amides is 1. The van der Waals surface area contributed by atoms with Gasteiger partial charge in [-0.15, -0.1) is 0 Å². The topological polar surface area (TPSA) is 53.5 Å². The van der Waals surface area contributed by atoms with Crippen LogP contribution in [0.2, 0.25) is 0 Å². The summed E-state index contributed by atoms with van der Waals surface area (Å²) in [5.41, 5.74) is -2.96. The van der Waals surface area contributed by atoms with Crippen molar-refractivity contribution >= 4 is 11.7 Å². The first-order valence-corrected chi connectivity index (χ1v) is 8.87. The molecule has 0 radical (unpaired) electrons. The van der Waals surface area contributed by atoms with Crippen molar-refractivity contribution in [1.82, 2.24) is 10.6 Å². The van der Waals surface area contributed by atoms with Gasteiger partial charge in [-0.25, -0.2) is 4.99 Å². The fraction of sp³-hybridized carbons (Fsp3) is 0.238. The number of amidine groups is 1. The molecular formula is C21H21F6N3O. The third kappa shape index (κ3) is 8.53. The van der Waals surface area contributed by atoms with Crippen LogP contribution in [0.1, 0.15) is 25.0 Å². The summed E-state index contributed by atoms with van der Waals surface area (Å²) in [4.78, 5) is 16.2. The molecule has 1 amide bonds. The molecule has 1 aromatic rings. The second-order valence-corrected chi connectivity index (χ2v) is 6.08. The van der Waals surface area contributed by atoms with Gasteiger partial charge in [0.15, 0.2) is 0 Å². The number of alkyl halides is 6. The van der Waals surface area contributed by atoms with Gasteiger partial charge in [-0.3, -0.25) is 4.79 Å². The molecular weight excluding hydrogens is 424 g/mol. The number of rotatable bonds is 7. The molecule has 2 N–H and O–H groups in total. The summed E-state index contributed by atoms with van der Waals surface area (Å²) < 4.78 is 79.2. The zero-order chi connectivity index (χ0) is 23.7. The molecule has 1 aromatic carbocycles. The summed E-state index contributed by atoms with van der Waals surface area (Å²) in [5.74, 6) is -1.26. The van der Waals surface area contributed by atoms with E-state index in [2.05, 4.69) is 22.2 Å². The molecule has 0 spiro atoms. The molecule has 1 rings (SSSR count). The monoisotopic (exact) mass is 445 g/mol. The highest BCUT2D eigenvalue weighted by Gasteiger charge is 2.38. The smallest absolute Gasteiger partial charge is 0.348 e. The normalized spacial score (nSPS) is 14.0. The highest BCUT2D eigenvalue weighted by Crippen LogP contribution is 2.30. The zero-order valence-electron chi connectivity index (χ0n) is 16.7. The van der Waals surface area contributed by atoms with E-state index in [0.717, 1.165) is 24.3 Å². The zero-order valence-corrected chi connectivity index (χ0v) is 16.7. The lowest BCUT2D eigenvalue weighted by atomic mass is 10.1. The summed E-state index contributed by atoms with van der Waals surface area (Å²) in [5, 5.41) is 4.29. The van der Waals surface area contributed by atoms with Crippen molar-refractivity contribution in [2.24, 2.45) is 4.99 Å². The van der Waals surface area contributed by atoms with Gasteiger partial charge in [-0.2, -0.15) is 26.3 Å². The van der Waals surface area contributed by atoms with E-state index >= 15 is 0 Å². The van der Waals surface area contributed by atoms with Crippen molar-refractivity contribution in [3.05, 3.63) is 83.7 Å². The second kappa shape index (κ2) is 11.2.